The number of rotatable bonds is 4. The van der Waals surface area contributed by atoms with Gasteiger partial charge in [-0.05, 0) is 37.5 Å². The first kappa shape index (κ1) is 14.4. The summed E-state index contributed by atoms with van der Waals surface area (Å²) >= 11 is 0. The Labute approximate surface area is 118 Å². The SMILES string of the molecule is COC(=O)CC1CCCCN1C(=O)/C=C/c1ccco1. The molecule has 0 saturated carbocycles. The first-order valence-corrected chi connectivity index (χ1v) is 6.79. The number of piperidine rings is 1. The average Bonchev–Trinajstić information content (AvgIpc) is 2.98. The summed E-state index contributed by atoms with van der Waals surface area (Å²) in [5.74, 6) is 0.277. The van der Waals surface area contributed by atoms with Crippen molar-refractivity contribution in [3.63, 3.8) is 0 Å². The van der Waals surface area contributed by atoms with Gasteiger partial charge in [-0.3, -0.25) is 9.59 Å². The highest BCUT2D eigenvalue weighted by atomic mass is 16.5. The fourth-order valence-corrected chi connectivity index (χ4v) is 2.41. The molecule has 5 nitrogen and oxygen atoms in total. The van der Waals surface area contributed by atoms with Crippen LogP contribution >= 0.6 is 0 Å². The fourth-order valence-electron chi connectivity index (χ4n) is 2.41. The Morgan fingerprint density at radius 2 is 2.35 bits per heavy atom. The highest BCUT2D eigenvalue weighted by molar-refractivity contribution is 5.92. The number of hydrogen-bond acceptors (Lipinski definition) is 4. The van der Waals surface area contributed by atoms with Crippen LogP contribution in [0.5, 0.6) is 0 Å². The zero-order chi connectivity index (χ0) is 14.4. The molecule has 0 N–H and O–H groups in total. The van der Waals surface area contributed by atoms with Gasteiger partial charge in [0, 0.05) is 18.7 Å². The highest BCUT2D eigenvalue weighted by Crippen LogP contribution is 2.20. The molecule has 1 saturated heterocycles. The van der Waals surface area contributed by atoms with E-state index in [1.165, 1.54) is 13.2 Å². The number of hydrogen-bond donors (Lipinski definition) is 0. The Hall–Kier alpha value is -2.04. The van der Waals surface area contributed by atoms with Crippen molar-refractivity contribution in [1.82, 2.24) is 4.90 Å². The van der Waals surface area contributed by atoms with E-state index in [4.69, 9.17) is 4.42 Å². The molecule has 0 radical (unpaired) electrons. The maximum absolute atomic E-state index is 12.2. The molecule has 2 heterocycles. The van der Waals surface area contributed by atoms with Crippen molar-refractivity contribution in [2.75, 3.05) is 13.7 Å². The van der Waals surface area contributed by atoms with Gasteiger partial charge < -0.3 is 14.1 Å². The summed E-state index contributed by atoms with van der Waals surface area (Å²) in [6, 6.07) is 3.49. The molecular weight excluding hydrogens is 258 g/mol. The number of amides is 1. The molecule has 0 spiro atoms. The molecule has 0 aliphatic carbocycles. The monoisotopic (exact) mass is 277 g/mol. The smallest absolute Gasteiger partial charge is 0.307 e. The van der Waals surface area contributed by atoms with Crippen LogP contribution in [0.2, 0.25) is 0 Å². The maximum atomic E-state index is 12.2. The minimum atomic E-state index is -0.273. The molecule has 1 aliphatic rings. The van der Waals surface area contributed by atoms with Gasteiger partial charge in [0.15, 0.2) is 0 Å². The molecule has 1 aromatic rings. The third kappa shape index (κ3) is 3.73. The maximum Gasteiger partial charge on any atom is 0.307 e. The Bertz CT molecular complexity index is 478. The van der Waals surface area contributed by atoms with E-state index in [1.807, 2.05) is 0 Å². The summed E-state index contributed by atoms with van der Waals surface area (Å²) in [5.41, 5.74) is 0. The van der Waals surface area contributed by atoms with Crippen molar-refractivity contribution in [3.05, 3.63) is 30.2 Å². The van der Waals surface area contributed by atoms with Crippen molar-refractivity contribution >= 4 is 18.0 Å². The van der Waals surface area contributed by atoms with E-state index in [0.717, 1.165) is 19.3 Å². The number of esters is 1. The van der Waals surface area contributed by atoms with Crippen LogP contribution in [0.25, 0.3) is 6.08 Å². The lowest BCUT2D eigenvalue weighted by atomic mass is 9.99. The molecule has 108 valence electrons. The molecule has 1 aliphatic heterocycles. The molecule has 1 unspecified atom stereocenters. The fraction of sp³-hybridized carbons (Fsp3) is 0.467. The number of carbonyl (C=O) groups is 2. The molecular formula is C15H19NO4. The van der Waals surface area contributed by atoms with E-state index in [-0.39, 0.29) is 24.3 Å². The lowest BCUT2D eigenvalue weighted by molar-refractivity contribution is -0.143. The second-order valence-electron chi connectivity index (χ2n) is 4.81. The standard InChI is InChI=1S/C15H19NO4/c1-19-15(18)11-12-5-2-3-9-16(12)14(17)8-7-13-6-4-10-20-13/h4,6-8,10,12H,2-3,5,9,11H2,1H3/b8-7+. The van der Waals surface area contributed by atoms with E-state index in [2.05, 4.69) is 4.74 Å². The van der Waals surface area contributed by atoms with Crippen LogP contribution in [-0.2, 0) is 14.3 Å². The summed E-state index contributed by atoms with van der Waals surface area (Å²) in [5, 5.41) is 0. The summed E-state index contributed by atoms with van der Waals surface area (Å²) in [6.07, 6.45) is 7.81. The van der Waals surface area contributed by atoms with Gasteiger partial charge in [0.1, 0.15) is 5.76 Å². The molecule has 0 aromatic carbocycles. The molecule has 2 rings (SSSR count). The molecule has 0 bridgehead atoms. The predicted octanol–water partition coefficient (Wildman–Crippen LogP) is 2.24. The molecule has 20 heavy (non-hydrogen) atoms. The number of methoxy groups -OCH3 is 1. The van der Waals surface area contributed by atoms with Gasteiger partial charge in [0.2, 0.25) is 5.91 Å². The lowest BCUT2D eigenvalue weighted by Crippen LogP contribution is -2.44. The van der Waals surface area contributed by atoms with Crippen LogP contribution in [0.1, 0.15) is 31.4 Å². The summed E-state index contributed by atoms with van der Waals surface area (Å²) in [6.45, 7) is 0.684. The van der Waals surface area contributed by atoms with E-state index < -0.39 is 0 Å². The van der Waals surface area contributed by atoms with Crippen LogP contribution in [0.3, 0.4) is 0 Å². The van der Waals surface area contributed by atoms with Crippen LogP contribution in [0.15, 0.2) is 28.9 Å². The van der Waals surface area contributed by atoms with Crippen molar-refractivity contribution in [1.29, 1.82) is 0 Å². The lowest BCUT2D eigenvalue weighted by Gasteiger charge is -2.34. The van der Waals surface area contributed by atoms with Crippen molar-refractivity contribution in [2.24, 2.45) is 0 Å². The number of likely N-dealkylation sites (tertiary alicyclic amines) is 1. The first-order chi connectivity index (χ1) is 9.70. The van der Waals surface area contributed by atoms with Crippen molar-refractivity contribution in [2.45, 2.75) is 31.7 Å². The van der Waals surface area contributed by atoms with E-state index in [0.29, 0.717) is 12.3 Å². The largest absolute Gasteiger partial charge is 0.469 e. The number of carbonyl (C=O) groups excluding carboxylic acids is 2. The second kappa shape index (κ2) is 6.93. The van der Waals surface area contributed by atoms with E-state index >= 15 is 0 Å². The van der Waals surface area contributed by atoms with Crippen LogP contribution < -0.4 is 0 Å². The second-order valence-corrected chi connectivity index (χ2v) is 4.81. The molecule has 5 heteroatoms. The van der Waals surface area contributed by atoms with E-state index in [9.17, 15) is 9.59 Å². The first-order valence-electron chi connectivity index (χ1n) is 6.79. The van der Waals surface area contributed by atoms with Crippen molar-refractivity contribution in [3.8, 4) is 0 Å². The number of furan rings is 1. The normalized spacial score (nSPS) is 19.2. The summed E-state index contributed by atoms with van der Waals surface area (Å²) in [7, 11) is 1.37. The Morgan fingerprint density at radius 3 is 3.05 bits per heavy atom. The highest BCUT2D eigenvalue weighted by Gasteiger charge is 2.27. The van der Waals surface area contributed by atoms with Crippen LogP contribution in [-0.4, -0.2) is 36.5 Å². The van der Waals surface area contributed by atoms with Crippen molar-refractivity contribution < 1.29 is 18.7 Å². The minimum Gasteiger partial charge on any atom is -0.469 e. The predicted molar refractivity (Wildman–Crippen MR) is 73.7 cm³/mol. The van der Waals surface area contributed by atoms with Gasteiger partial charge >= 0.3 is 5.97 Å². The molecule has 1 aromatic heterocycles. The molecule has 1 amide bonds. The van der Waals surface area contributed by atoms with Gasteiger partial charge in [-0.25, -0.2) is 0 Å². The molecule has 1 fully saturated rings. The number of nitrogens with zero attached hydrogens (tertiary/aromatic N) is 1. The van der Waals surface area contributed by atoms with Gasteiger partial charge in [-0.15, -0.1) is 0 Å². The number of ether oxygens (including phenoxy) is 1. The third-order valence-electron chi connectivity index (χ3n) is 3.47. The average molecular weight is 277 g/mol. The van der Waals surface area contributed by atoms with Gasteiger partial charge in [0.25, 0.3) is 0 Å². The Kier molecular flexibility index (Phi) is 4.98. The zero-order valence-electron chi connectivity index (χ0n) is 11.6. The Balaban J connectivity index is 1.99. The Morgan fingerprint density at radius 1 is 1.50 bits per heavy atom. The van der Waals surface area contributed by atoms with Gasteiger partial charge in [-0.2, -0.15) is 0 Å². The quantitative estimate of drug-likeness (QED) is 0.625. The van der Waals surface area contributed by atoms with Gasteiger partial charge in [-0.1, -0.05) is 0 Å². The van der Waals surface area contributed by atoms with Crippen LogP contribution in [0, 0.1) is 0 Å². The topological polar surface area (TPSA) is 59.8 Å². The van der Waals surface area contributed by atoms with Gasteiger partial charge in [0.05, 0.1) is 19.8 Å². The summed E-state index contributed by atoms with van der Waals surface area (Å²) in [4.78, 5) is 25.4. The zero-order valence-corrected chi connectivity index (χ0v) is 11.6. The molecule has 1 atom stereocenters. The summed E-state index contributed by atoms with van der Waals surface area (Å²) < 4.78 is 9.84. The third-order valence-corrected chi connectivity index (χ3v) is 3.47. The van der Waals surface area contributed by atoms with Crippen LogP contribution in [0.4, 0.5) is 0 Å². The minimum absolute atomic E-state index is 0.0649. The van der Waals surface area contributed by atoms with E-state index in [1.54, 1.807) is 29.4 Å².